The van der Waals surface area contributed by atoms with E-state index in [9.17, 15) is 4.79 Å². The third kappa shape index (κ3) is 4.09. The number of aromatic nitrogens is 2. The minimum Gasteiger partial charge on any atom is -0.423 e. The maximum atomic E-state index is 12.6. The number of urea groups is 1. The lowest BCUT2D eigenvalue weighted by Gasteiger charge is -2.23. The van der Waals surface area contributed by atoms with Gasteiger partial charge in [-0.1, -0.05) is 19.9 Å². The molecule has 2 amide bonds. The van der Waals surface area contributed by atoms with Gasteiger partial charge in [0, 0.05) is 23.8 Å². The summed E-state index contributed by atoms with van der Waals surface area (Å²) in [5.74, 6) is 1.03. The van der Waals surface area contributed by atoms with E-state index < -0.39 is 0 Å². The van der Waals surface area contributed by atoms with Crippen LogP contribution in [0.2, 0.25) is 0 Å². The number of amides is 2. The van der Waals surface area contributed by atoms with Crippen molar-refractivity contribution in [2.45, 2.75) is 39.2 Å². The van der Waals surface area contributed by atoms with Crippen molar-refractivity contribution >= 4 is 11.7 Å². The van der Waals surface area contributed by atoms with E-state index in [1.807, 2.05) is 29.2 Å². The van der Waals surface area contributed by atoms with E-state index in [0.717, 1.165) is 37.1 Å². The Morgan fingerprint density at radius 2 is 2.26 bits per heavy atom. The smallest absolute Gasteiger partial charge is 0.322 e. The van der Waals surface area contributed by atoms with Gasteiger partial charge in [-0.3, -0.25) is 0 Å². The Bertz CT molecular complexity index is 650. The zero-order valence-electron chi connectivity index (χ0n) is 13.5. The van der Waals surface area contributed by atoms with Gasteiger partial charge in [-0.15, -0.1) is 10.2 Å². The van der Waals surface area contributed by atoms with E-state index >= 15 is 0 Å². The highest BCUT2D eigenvalue weighted by Crippen LogP contribution is 2.28. The summed E-state index contributed by atoms with van der Waals surface area (Å²) < 4.78 is 5.19. The number of anilines is 1. The number of nitrogens with zero attached hydrogens (tertiary/aromatic N) is 3. The third-order valence-electron chi connectivity index (χ3n) is 3.92. The number of carbonyl (C=O) groups excluding carboxylic acids is 1. The number of benzene rings is 1. The Balaban J connectivity index is 1.67. The van der Waals surface area contributed by atoms with E-state index in [1.165, 1.54) is 6.39 Å². The quantitative estimate of drug-likeness (QED) is 0.881. The molecule has 1 saturated carbocycles. The molecule has 0 bridgehead atoms. The van der Waals surface area contributed by atoms with E-state index in [1.54, 1.807) is 0 Å². The molecule has 6 heteroatoms. The second-order valence-corrected chi connectivity index (χ2v) is 6.36. The lowest BCUT2D eigenvalue weighted by molar-refractivity contribution is 0.205. The van der Waals surface area contributed by atoms with Crippen LogP contribution >= 0.6 is 0 Å². The lowest BCUT2D eigenvalue weighted by Crippen LogP contribution is -2.37. The first-order valence-corrected chi connectivity index (χ1v) is 8.07. The van der Waals surface area contributed by atoms with Gasteiger partial charge >= 0.3 is 6.03 Å². The van der Waals surface area contributed by atoms with Crippen molar-refractivity contribution in [2.24, 2.45) is 5.92 Å². The second-order valence-electron chi connectivity index (χ2n) is 6.36. The molecule has 122 valence electrons. The Hall–Kier alpha value is -2.37. The number of hydrogen-bond acceptors (Lipinski definition) is 4. The van der Waals surface area contributed by atoms with Crippen molar-refractivity contribution in [1.29, 1.82) is 0 Å². The monoisotopic (exact) mass is 314 g/mol. The van der Waals surface area contributed by atoms with E-state index in [4.69, 9.17) is 4.42 Å². The highest BCUT2D eigenvalue weighted by atomic mass is 16.4. The molecule has 23 heavy (non-hydrogen) atoms. The van der Waals surface area contributed by atoms with Crippen molar-refractivity contribution < 1.29 is 9.21 Å². The minimum atomic E-state index is -0.0316. The standard InChI is InChI=1S/C17H22N4O2/c1-12(2)8-9-21(15-6-7-15)17(22)19-14-5-3-4-13(10-14)16-20-18-11-23-16/h3-5,10-12,15H,6-9H2,1-2H3,(H,19,22). The fourth-order valence-corrected chi connectivity index (χ4v) is 2.46. The van der Waals surface area contributed by atoms with Crippen LogP contribution in [-0.2, 0) is 0 Å². The lowest BCUT2D eigenvalue weighted by atomic mass is 10.1. The Labute approximate surface area is 135 Å². The number of rotatable bonds is 6. The van der Waals surface area contributed by atoms with Crippen LogP contribution in [0.1, 0.15) is 33.1 Å². The van der Waals surface area contributed by atoms with E-state index in [-0.39, 0.29) is 6.03 Å². The Morgan fingerprint density at radius 3 is 2.91 bits per heavy atom. The largest absolute Gasteiger partial charge is 0.423 e. The number of hydrogen-bond donors (Lipinski definition) is 1. The topological polar surface area (TPSA) is 71.3 Å². The minimum absolute atomic E-state index is 0.0316. The van der Waals surface area contributed by atoms with Crippen LogP contribution in [0, 0.1) is 5.92 Å². The average Bonchev–Trinajstić information content (AvgIpc) is 3.20. The van der Waals surface area contributed by atoms with Crippen LogP contribution in [0.3, 0.4) is 0 Å². The van der Waals surface area contributed by atoms with Gasteiger partial charge in [0.15, 0.2) is 0 Å². The summed E-state index contributed by atoms with van der Waals surface area (Å²) >= 11 is 0. The normalized spacial score (nSPS) is 14.0. The van der Waals surface area contributed by atoms with Crippen LogP contribution < -0.4 is 5.32 Å². The first-order chi connectivity index (χ1) is 11.1. The zero-order valence-corrected chi connectivity index (χ0v) is 13.5. The summed E-state index contributed by atoms with van der Waals surface area (Å²) in [6, 6.07) is 7.82. The predicted molar refractivity (Wildman–Crippen MR) is 87.9 cm³/mol. The predicted octanol–water partition coefficient (Wildman–Crippen LogP) is 3.78. The van der Waals surface area contributed by atoms with Crippen molar-refractivity contribution in [2.75, 3.05) is 11.9 Å². The summed E-state index contributed by atoms with van der Waals surface area (Å²) in [5.41, 5.74) is 1.53. The first kappa shape index (κ1) is 15.5. The summed E-state index contributed by atoms with van der Waals surface area (Å²) in [6.45, 7) is 5.16. The SMILES string of the molecule is CC(C)CCN(C(=O)Nc1cccc(-c2nnco2)c1)C1CC1. The molecule has 0 aliphatic heterocycles. The highest BCUT2D eigenvalue weighted by molar-refractivity contribution is 5.90. The average molecular weight is 314 g/mol. The molecule has 1 aliphatic rings. The molecule has 1 aromatic heterocycles. The molecule has 0 saturated heterocycles. The molecule has 1 aliphatic carbocycles. The molecule has 6 nitrogen and oxygen atoms in total. The Morgan fingerprint density at radius 1 is 1.43 bits per heavy atom. The molecule has 0 spiro atoms. The van der Waals surface area contributed by atoms with Gasteiger partial charge in [0.2, 0.25) is 12.3 Å². The van der Waals surface area contributed by atoms with Crippen molar-refractivity contribution in [3.8, 4) is 11.5 Å². The van der Waals surface area contributed by atoms with Gasteiger partial charge < -0.3 is 14.6 Å². The molecule has 0 atom stereocenters. The Kier molecular flexibility index (Phi) is 4.60. The van der Waals surface area contributed by atoms with Gasteiger partial charge in [0.05, 0.1) is 0 Å². The highest BCUT2D eigenvalue weighted by Gasteiger charge is 2.32. The van der Waals surface area contributed by atoms with Crippen LogP contribution in [0.25, 0.3) is 11.5 Å². The van der Waals surface area contributed by atoms with Gasteiger partial charge in [0.25, 0.3) is 0 Å². The first-order valence-electron chi connectivity index (χ1n) is 8.07. The summed E-state index contributed by atoms with van der Waals surface area (Å²) in [6.07, 6.45) is 4.52. The number of carbonyl (C=O) groups is 1. The van der Waals surface area contributed by atoms with Gasteiger partial charge in [-0.2, -0.15) is 0 Å². The number of nitrogens with one attached hydrogen (secondary N) is 1. The molecular formula is C17H22N4O2. The summed E-state index contributed by atoms with van der Waals surface area (Å²) in [7, 11) is 0. The molecule has 1 heterocycles. The molecule has 3 rings (SSSR count). The second kappa shape index (κ2) is 6.81. The fourth-order valence-electron chi connectivity index (χ4n) is 2.46. The molecular weight excluding hydrogens is 292 g/mol. The maximum Gasteiger partial charge on any atom is 0.322 e. The molecule has 0 radical (unpaired) electrons. The van der Waals surface area contributed by atoms with Gasteiger partial charge in [-0.05, 0) is 43.4 Å². The zero-order chi connectivity index (χ0) is 16.2. The van der Waals surface area contributed by atoms with Crippen molar-refractivity contribution in [3.05, 3.63) is 30.7 Å². The molecule has 2 aromatic rings. The molecule has 1 aromatic carbocycles. The summed E-state index contributed by atoms with van der Waals surface area (Å²) in [4.78, 5) is 14.5. The molecule has 1 fully saturated rings. The van der Waals surface area contributed by atoms with Crippen molar-refractivity contribution in [3.63, 3.8) is 0 Å². The third-order valence-corrected chi connectivity index (χ3v) is 3.92. The van der Waals surface area contributed by atoms with Crippen LogP contribution in [-0.4, -0.2) is 33.7 Å². The van der Waals surface area contributed by atoms with Gasteiger partial charge in [0.1, 0.15) is 0 Å². The van der Waals surface area contributed by atoms with E-state index in [2.05, 4.69) is 29.4 Å². The maximum absolute atomic E-state index is 12.6. The van der Waals surface area contributed by atoms with Crippen LogP contribution in [0.4, 0.5) is 10.5 Å². The molecule has 0 unspecified atom stereocenters. The van der Waals surface area contributed by atoms with Gasteiger partial charge in [-0.25, -0.2) is 4.79 Å². The van der Waals surface area contributed by atoms with Crippen LogP contribution in [0.15, 0.2) is 35.1 Å². The van der Waals surface area contributed by atoms with Crippen LogP contribution in [0.5, 0.6) is 0 Å². The van der Waals surface area contributed by atoms with Crippen molar-refractivity contribution in [1.82, 2.24) is 15.1 Å². The molecule has 1 N–H and O–H groups in total. The fraction of sp³-hybridized carbons (Fsp3) is 0.471. The van der Waals surface area contributed by atoms with E-state index in [0.29, 0.717) is 17.9 Å². The summed E-state index contributed by atoms with van der Waals surface area (Å²) in [5, 5.41) is 10.6.